The van der Waals surface area contributed by atoms with Gasteiger partial charge in [-0.1, -0.05) is 49.4 Å². The molecule has 0 aromatic heterocycles. The molecule has 136 valence electrons. The molecule has 26 heavy (non-hydrogen) atoms. The topological polar surface area (TPSA) is 75.6 Å². The van der Waals surface area contributed by atoms with E-state index in [0.29, 0.717) is 30.8 Å². The van der Waals surface area contributed by atoms with Gasteiger partial charge in [0.2, 0.25) is 0 Å². The summed E-state index contributed by atoms with van der Waals surface area (Å²) in [5, 5.41) is 12.7. The molecule has 1 atom stereocenters. The molecule has 0 spiro atoms. The van der Waals surface area contributed by atoms with Crippen molar-refractivity contribution in [3.05, 3.63) is 70.8 Å². The van der Waals surface area contributed by atoms with Gasteiger partial charge >= 0.3 is 5.97 Å². The second kappa shape index (κ2) is 7.70. The van der Waals surface area contributed by atoms with Crippen molar-refractivity contribution in [1.82, 2.24) is 5.32 Å². The zero-order valence-corrected chi connectivity index (χ0v) is 14.8. The summed E-state index contributed by atoms with van der Waals surface area (Å²) in [5.74, 6) is -1.20. The molecule has 5 heteroatoms. The molecule has 1 heterocycles. The first kappa shape index (κ1) is 18.1. The summed E-state index contributed by atoms with van der Waals surface area (Å²) >= 11 is 0. The number of aliphatic carboxylic acids is 1. The number of benzene rings is 2. The number of hydrogen-bond acceptors (Lipinski definition) is 3. The molecule has 0 aliphatic carbocycles. The molecule has 2 aromatic rings. The molecule has 1 aliphatic heterocycles. The normalized spacial score (nSPS) is 15.6. The van der Waals surface area contributed by atoms with Crippen LogP contribution in [-0.2, 0) is 28.0 Å². The molecule has 5 nitrogen and oxygen atoms in total. The smallest absolute Gasteiger partial charge is 0.315 e. The fourth-order valence-corrected chi connectivity index (χ4v) is 3.47. The second-order valence-electron chi connectivity index (χ2n) is 6.54. The van der Waals surface area contributed by atoms with Crippen molar-refractivity contribution >= 4 is 11.9 Å². The van der Waals surface area contributed by atoms with Gasteiger partial charge in [0.25, 0.3) is 5.91 Å². The van der Waals surface area contributed by atoms with E-state index in [1.54, 1.807) is 18.2 Å². The Bertz CT molecular complexity index is 803. The van der Waals surface area contributed by atoms with Gasteiger partial charge in [-0.05, 0) is 35.6 Å². The minimum Gasteiger partial charge on any atom is -0.481 e. The number of nitrogens with one attached hydrogen (secondary N) is 1. The van der Waals surface area contributed by atoms with Crippen LogP contribution in [0.2, 0.25) is 0 Å². The molecule has 0 bridgehead atoms. The van der Waals surface area contributed by atoms with Gasteiger partial charge in [0.15, 0.2) is 0 Å². The number of fused-ring (bicyclic) bond motifs is 1. The number of rotatable bonds is 6. The van der Waals surface area contributed by atoms with E-state index in [4.69, 9.17) is 4.74 Å². The lowest BCUT2D eigenvalue weighted by atomic mass is 9.78. The Hall–Kier alpha value is -2.66. The first-order valence-corrected chi connectivity index (χ1v) is 8.84. The standard InChI is InChI=1S/C21H23NO4/c1-2-21(20(24)25,16-8-4-3-5-9-16)14-22-19(23)17-10-6-7-15-11-12-26-13-18(15)17/h3-10H,2,11-14H2,1H3,(H,22,23)(H,24,25). The van der Waals surface area contributed by atoms with Crippen LogP contribution in [0, 0.1) is 0 Å². The lowest BCUT2D eigenvalue weighted by Crippen LogP contribution is -2.46. The Morgan fingerprint density at radius 3 is 2.62 bits per heavy atom. The first-order chi connectivity index (χ1) is 12.6. The Morgan fingerprint density at radius 2 is 1.92 bits per heavy atom. The molecule has 2 aromatic carbocycles. The van der Waals surface area contributed by atoms with Crippen LogP contribution in [0.4, 0.5) is 0 Å². The van der Waals surface area contributed by atoms with Gasteiger partial charge in [-0.15, -0.1) is 0 Å². The van der Waals surface area contributed by atoms with E-state index in [2.05, 4.69) is 5.32 Å². The van der Waals surface area contributed by atoms with Crippen LogP contribution >= 0.6 is 0 Å². The third-order valence-corrected chi connectivity index (χ3v) is 5.17. The summed E-state index contributed by atoms with van der Waals surface area (Å²) < 4.78 is 5.49. The van der Waals surface area contributed by atoms with Gasteiger partial charge in [0, 0.05) is 12.1 Å². The van der Waals surface area contributed by atoms with E-state index in [0.717, 1.165) is 17.5 Å². The predicted octanol–water partition coefficient (Wildman–Crippen LogP) is 2.92. The average Bonchev–Trinajstić information content (AvgIpc) is 2.68. The van der Waals surface area contributed by atoms with E-state index < -0.39 is 11.4 Å². The molecule has 1 aliphatic rings. The van der Waals surface area contributed by atoms with Gasteiger partial charge in [-0.25, -0.2) is 0 Å². The molecule has 0 saturated carbocycles. The number of amides is 1. The van der Waals surface area contributed by atoms with Gasteiger partial charge in [0.05, 0.1) is 13.2 Å². The molecule has 0 radical (unpaired) electrons. The Balaban J connectivity index is 1.84. The summed E-state index contributed by atoms with van der Waals surface area (Å²) in [6.07, 6.45) is 1.16. The molecule has 1 amide bonds. The van der Waals surface area contributed by atoms with E-state index in [1.807, 2.05) is 37.3 Å². The van der Waals surface area contributed by atoms with Crippen molar-refractivity contribution in [3.63, 3.8) is 0 Å². The highest BCUT2D eigenvalue weighted by molar-refractivity contribution is 5.96. The quantitative estimate of drug-likeness (QED) is 0.837. The van der Waals surface area contributed by atoms with Crippen molar-refractivity contribution < 1.29 is 19.4 Å². The minimum atomic E-state index is -1.15. The highest BCUT2D eigenvalue weighted by Crippen LogP contribution is 2.28. The predicted molar refractivity (Wildman–Crippen MR) is 98.2 cm³/mol. The molecular weight excluding hydrogens is 330 g/mol. The van der Waals surface area contributed by atoms with Crippen molar-refractivity contribution in [2.75, 3.05) is 13.2 Å². The van der Waals surface area contributed by atoms with Crippen molar-refractivity contribution in [1.29, 1.82) is 0 Å². The molecule has 3 rings (SSSR count). The summed E-state index contributed by atoms with van der Waals surface area (Å²) in [6.45, 7) is 2.93. The van der Waals surface area contributed by atoms with Crippen LogP contribution in [0.5, 0.6) is 0 Å². The lowest BCUT2D eigenvalue weighted by Gasteiger charge is -2.29. The maximum Gasteiger partial charge on any atom is 0.315 e. The first-order valence-electron chi connectivity index (χ1n) is 8.84. The average molecular weight is 353 g/mol. The summed E-state index contributed by atoms with van der Waals surface area (Å²) in [7, 11) is 0. The van der Waals surface area contributed by atoms with E-state index in [-0.39, 0.29) is 12.5 Å². The number of carbonyl (C=O) groups is 2. The lowest BCUT2D eigenvalue weighted by molar-refractivity contribution is -0.143. The number of hydrogen-bond donors (Lipinski definition) is 2. The van der Waals surface area contributed by atoms with E-state index in [9.17, 15) is 14.7 Å². The van der Waals surface area contributed by atoms with Crippen LogP contribution in [0.15, 0.2) is 48.5 Å². The summed E-state index contributed by atoms with van der Waals surface area (Å²) in [4.78, 5) is 24.8. The van der Waals surface area contributed by atoms with Crippen LogP contribution in [-0.4, -0.2) is 30.1 Å². The van der Waals surface area contributed by atoms with Crippen LogP contribution in [0.3, 0.4) is 0 Å². The maximum atomic E-state index is 12.8. The van der Waals surface area contributed by atoms with Crippen molar-refractivity contribution in [2.24, 2.45) is 0 Å². The molecule has 0 fully saturated rings. The Kier molecular flexibility index (Phi) is 5.38. The summed E-state index contributed by atoms with van der Waals surface area (Å²) in [6, 6.07) is 14.7. The highest BCUT2D eigenvalue weighted by Gasteiger charge is 2.39. The van der Waals surface area contributed by atoms with Gasteiger partial charge < -0.3 is 15.2 Å². The van der Waals surface area contributed by atoms with Crippen molar-refractivity contribution in [3.8, 4) is 0 Å². The molecule has 1 unspecified atom stereocenters. The fourth-order valence-electron chi connectivity index (χ4n) is 3.47. The fraction of sp³-hybridized carbons (Fsp3) is 0.333. The number of carboxylic acids is 1. The number of carboxylic acid groups (broad SMARTS) is 1. The van der Waals surface area contributed by atoms with Gasteiger partial charge in [-0.3, -0.25) is 9.59 Å². The van der Waals surface area contributed by atoms with E-state index >= 15 is 0 Å². The Morgan fingerprint density at radius 1 is 1.15 bits per heavy atom. The maximum absolute atomic E-state index is 12.8. The molecule has 0 saturated heterocycles. The zero-order valence-electron chi connectivity index (χ0n) is 14.8. The Labute approximate surface area is 153 Å². The van der Waals surface area contributed by atoms with E-state index in [1.165, 1.54) is 0 Å². The van der Waals surface area contributed by atoms with Crippen LogP contribution in [0.1, 0.15) is 40.4 Å². The molecular formula is C21H23NO4. The number of carbonyl (C=O) groups excluding carboxylic acids is 1. The third kappa shape index (κ3) is 3.35. The van der Waals surface area contributed by atoms with Crippen molar-refractivity contribution in [2.45, 2.75) is 31.8 Å². The van der Waals surface area contributed by atoms with Crippen LogP contribution < -0.4 is 5.32 Å². The van der Waals surface area contributed by atoms with Gasteiger partial charge in [-0.2, -0.15) is 0 Å². The highest BCUT2D eigenvalue weighted by atomic mass is 16.5. The largest absolute Gasteiger partial charge is 0.481 e. The van der Waals surface area contributed by atoms with Crippen LogP contribution in [0.25, 0.3) is 0 Å². The monoisotopic (exact) mass is 353 g/mol. The molecule has 2 N–H and O–H groups in total. The zero-order chi connectivity index (χ0) is 18.6. The number of ether oxygens (including phenoxy) is 1. The van der Waals surface area contributed by atoms with Gasteiger partial charge in [0.1, 0.15) is 5.41 Å². The third-order valence-electron chi connectivity index (χ3n) is 5.17. The summed E-state index contributed by atoms with van der Waals surface area (Å²) in [5.41, 5.74) is 2.11. The second-order valence-corrected chi connectivity index (χ2v) is 6.54. The minimum absolute atomic E-state index is 0.0339. The SMILES string of the molecule is CCC(CNC(=O)c1cccc2c1COCC2)(C(=O)O)c1ccccc1.